The summed E-state index contributed by atoms with van der Waals surface area (Å²) in [7, 11) is 0. The maximum absolute atomic E-state index is 6.01. The van der Waals surface area contributed by atoms with Gasteiger partial charge in [-0.05, 0) is 44.5 Å². The Morgan fingerprint density at radius 3 is 2.78 bits per heavy atom. The quantitative estimate of drug-likeness (QED) is 0.863. The molecule has 98 valence electrons. The minimum atomic E-state index is 0.701. The van der Waals surface area contributed by atoms with Crippen molar-refractivity contribution in [3.8, 4) is 0 Å². The summed E-state index contributed by atoms with van der Waals surface area (Å²) in [6, 6.07) is 4.54. The second-order valence-electron chi connectivity index (χ2n) is 5.40. The van der Waals surface area contributed by atoms with E-state index in [-0.39, 0.29) is 0 Å². The Morgan fingerprint density at radius 1 is 1.17 bits per heavy atom. The Labute approximate surface area is 109 Å². The number of pyridine rings is 1. The molecule has 4 nitrogen and oxygen atoms in total. The van der Waals surface area contributed by atoms with Crippen LogP contribution in [0.15, 0.2) is 18.3 Å². The van der Waals surface area contributed by atoms with Gasteiger partial charge in [0.1, 0.15) is 0 Å². The largest absolute Gasteiger partial charge is 0.396 e. The number of piperidine rings is 1. The van der Waals surface area contributed by atoms with Gasteiger partial charge >= 0.3 is 0 Å². The molecule has 0 radical (unpaired) electrons. The van der Waals surface area contributed by atoms with Gasteiger partial charge in [0.25, 0.3) is 0 Å². The highest BCUT2D eigenvalue weighted by Gasteiger charge is 2.29. The second-order valence-corrected chi connectivity index (χ2v) is 5.40. The molecule has 1 aromatic rings. The standard InChI is InChI=1S/C14H22N4/c15-13-5-4-7-16-14(13)18-10-6-12(11-18)17-8-2-1-3-9-17/h4-5,7,12H,1-3,6,8-11,15H2. The van der Waals surface area contributed by atoms with Crippen LogP contribution in [-0.2, 0) is 0 Å². The monoisotopic (exact) mass is 246 g/mol. The molecule has 18 heavy (non-hydrogen) atoms. The molecular formula is C14H22N4. The van der Waals surface area contributed by atoms with E-state index in [4.69, 9.17) is 5.73 Å². The highest BCUT2D eigenvalue weighted by molar-refractivity contribution is 5.62. The molecule has 1 unspecified atom stereocenters. The van der Waals surface area contributed by atoms with Crippen molar-refractivity contribution >= 4 is 11.5 Å². The number of nitrogens with two attached hydrogens (primary N) is 1. The van der Waals surface area contributed by atoms with Crippen LogP contribution >= 0.6 is 0 Å². The topological polar surface area (TPSA) is 45.4 Å². The summed E-state index contributed by atoms with van der Waals surface area (Å²) in [5.41, 5.74) is 6.81. The van der Waals surface area contributed by atoms with Gasteiger partial charge in [0.05, 0.1) is 5.69 Å². The molecule has 0 bridgehead atoms. The lowest BCUT2D eigenvalue weighted by molar-refractivity contribution is 0.175. The molecule has 0 aromatic carbocycles. The predicted octanol–water partition coefficient (Wildman–Crippen LogP) is 1.73. The first-order valence-electron chi connectivity index (χ1n) is 7.04. The van der Waals surface area contributed by atoms with Crippen LogP contribution in [0.25, 0.3) is 0 Å². The highest BCUT2D eigenvalue weighted by Crippen LogP contribution is 2.26. The van der Waals surface area contributed by atoms with E-state index < -0.39 is 0 Å². The van der Waals surface area contributed by atoms with E-state index in [1.165, 1.54) is 38.8 Å². The van der Waals surface area contributed by atoms with Crippen molar-refractivity contribution in [2.45, 2.75) is 31.7 Å². The lowest BCUT2D eigenvalue weighted by Gasteiger charge is -2.32. The van der Waals surface area contributed by atoms with E-state index in [9.17, 15) is 0 Å². The van der Waals surface area contributed by atoms with Crippen LogP contribution in [-0.4, -0.2) is 42.1 Å². The molecule has 1 atom stereocenters. The normalized spacial score (nSPS) is 25.6. The van der Waals surface area contributed by atoms with Crippen molar-refractivity contribution in [1.29, 1.82) is 0 Å². The molecule has 3 rings (SSSR count). The van der Waals surface area contributed by atoms with Crippen LogP contribution in [0.5, 0.6) is 0 Å². The smallest absolute Gasteiger partial charge is 0.151 e. The van der Waals surface area contributed by atoms with Crippen LogP contribution in [0.3, 0.4) is 0 Å². The lowest BCUT2D eigenvalue weighted by Crippen LogP contribution is -2.41. The first-order valence-corrected chi connectivity index (χ1v) is 7.04. The Hall–Kier alpha value is -1.29. The number of nitrogen functional groups attached to an aromatic ring is 1. The average Bonchev–Trinajstić information content (AvgIpc) is 2.90. The predicted molar refractivity (Wildman–Crippen MR) is 74.7 cm³/mol. The number of anilines is 2. The van der Waals surface area contributed by atoms with Crippen molar-refractivity contribution < 1.29 is 0 Å². The number of rotatable bonds is 2. The van der Waals surface area contributed by atoms with Crippen molar-refractivity contribution in [3.05, 3.63) is 18.3 Å². The summed E-state index contributed by atoms with van der Waals surface area (Å²) in [6.45, 7) is 4.72. The maximum Gasteiger partial charge on any atom is 0.151 e. The molecular weight excluding hydrogens is 224 g/mol. The van der Waals surface area contributed by atoms with E-state index in [1.807, 2.05) is 18.3 Å². The summed E-state index contributed by atoms with van der Waals surface area (Å²) < 4.78 is 0. The summed E-state index contributed by atoms with van der Waals surface area (Å²) >= 11 is 0. The van der Waals surface area contributed by atoms with Crippen molar-refractivity contribution in [2.75, 3.05) is 36.8 Å². The molecule has 1 aromatic heterocycles. The van der Waals surface area contributed by atoms with Gasteiger partial charge in [-0.25, -0.2) is 4.98 Å². The minimum absolute atomic E-state index is 0.701. The summed E-state index contributed by atoms with van der Waals surface area (Å²) in [5.74, 6) is 0.969. The van der Waals surface area contributed by atoms with Gasteiger partial charge in [0.2, 0.25) is 0 Å². The van der Waals surface area contributed by atoms with E-state index in [2.05, 4.69) is 14.8 Å². The zero-order valence-electron chi connectivity index (χ0n) is 10.9. The minimum Gasteiger partial charge on any atom is -0.396 e. The van der Waals surface area contributed by atoms with E-state index in [1.54, 1.807) is 0 Å². The fourth-order valence-electron chi connectivity index (χ4n) is 3.19. The fourth-order valence-corrected chi connectivity index (χ4v) is 3.19. The Kier molecular flexibility index (Phi) is 3.37. The van der Waals surface area contributed by atoms with E-state index >= 15 is 0 Å². The molecule has 2 aliphatic heterocycles. The first kappa shape index (κ1) is 11.8. The van der Waals surface area contributed by atoms with Gasteiger partial charge in [-0.15, -0.1) is 0 Å². The Bertz CT molecular complexity index is 401. The van der Waals surface area contributed by atoms with E-state index in [0.717, 1.165) is 24.6 Å². The molecule has 0 aliphatic carbocycles. The van der Waals surface area contributed by atoms with Crippen LogP contribution in [0.2, 0.25) is 0 Å². The zero-order valence-corrected chi connectivity index (χ0v) is 10.9. The number of hydrogen-bond donors (Lipinski definition) is 1. The van der Waals surface area contributed by atoms with Crippen molar-refractivity contribution in [3.63, 3.8) is 0 Å². The third-order valence-corrected chi connectivity index (χ3v) is 4.19. The van der Waals surface area contributed by atoms with Gasteiger partial charge < -0.3 is 10.6 Å². The molecule has 2 fully saturated rings. The molecule has 0 saturated carbocycles. The third-order valence-electron chi connectivity index (χ3n) is 4.19. The molecule has 2 N–H and O–H groups in total. The van der Waals surface area contributed by atoms with Crippen molar-refractivity contribution in [1.82, 2.24) is 9.88 Å². The molecule has 4 heteroatoms. The third kappa shape index (κ3) is 2.29. The molecule has 0 amide bonds. The first-order chi connectivity index (χ1) is 8.84. The molecule has 0 spiro atoms. The molecule has 3 heterocycles. The average molecular weight is 246 g/mol. The SMILES string of the molecule is Nc1cccnc1N1CCC(N2CCCCC2)C1. The van der Waals surface area contributed by atoms with Gasteiger partial charge in [-0.1, -0.05) is 6.42 Å². The molecule has 2 aliphatic rings. The number of likely N-dealkylation sites (tertiary alicyclic amines) is 1. The zero-order chi connectivity index (χ0) is 12.4. The Morgan fingerprint density at radius 2 is 2.00 bits per heavy atom. The van der Waals surface area contributed by atoms with E-state index in [0.29, 0.717) is 6.04 Å². The second kappa shape index (κ2) is 5.14. The maximum atomic E-state index is 6.01. The van der Waals surface area contributed by atoms with Gasteiger partial charge in [0.15, 0.2) is 5.82 Å². The number of nitrogens with zero attached hydrogens (tertiary/aromatic N) is 3. The summed E-state index contributed by atoms with van der Waals surface area (Å²) in [6.07, 6.45) is 7.21. The summed E-state index contributed by atoms with van der Waals surface area (Å²) in [5, 5.41) is 0. The van der Waals surface area contributed by atoms with Crippen molar-refractivity contribution in [2.24, 2.45) is 0 Å². The number of aromatic nitrogens is 1. The number of hydrogen-bond acceptors (Lipinski definition) is 4. The fraction of sp³-hybridized carbons (Fsp3) is 0.643. The van der Waals surface area contributed by atoms with Gasteiger partial charge in [-0.2, -0.15) is 0 Å². The van der Waals surface area contributed by atoms with Crippen LogP contribution in [0.1, 0.15) is 25.7 Å². The highest BCUT2D eigenvalue weighted by atomic mass is 15.3. The van der Waals surface area contributed by atoms with Gasteiger partial charge in [-0.3, -0.25) is 4.90 Å². The lowest BCUT2D eigenvalue weighted by atomic mass is 10.1. The van der Waals surface area contributed by atoms with Gasteiger partial charge in [0, 0.05) is 25.3 Å². The van der Waals surface area contributed by atoms with Crippen LogP contribution in [0, 0.1) is 0 Å². The van der Waals surface area contributed by atoms with Crippen LogP contribution in [0.4, 0.5) is 11.5 Å². The van der Waals surface area contributed by atoms with Crippen LogP contribution < -0.4 is 10.6 Å². The Balaban J connectivity index is 1.66. The molecule has 2 saturated heterocycles. The summed E-state index contributed by atoms with van der Waals surface area (Å²) in [4.78, 5) is 9.42.